The molecule has 9 nitrogen and oxygen atoms in total. The van der Waals surface area contributed by atoms with Crippen molar-refractivity contribution in [3.8, 4) is 0 Å². The Morgan fingerprint density at radius 2 is 1.97 bits per heavy atom. The zero-order valence-corrected chi connectivity index (χ0v) is 19.3. The van der Waals surface area contributed by atoms with Crippen molar-refractivity contribution in [2.45, 2.75) is 62.5 Å². The minimum absolute atomic E-state index is 0.0946. The van der Waals surface area contributed by atoms with E-state index in [1.165, 1.54) is 16.8 Å². The number of rotatable bonds is 5. The lowest BCUT2D eigenvalue weighted by Gasteiger charge is -2.31. The molecule has 2 aromatic heterocycles. The van der Waals surface area contributed by atoms with Gasteiger partial charge >= 0.3 is 0 Å². The number of fused-ring (bicyclic) bond motifs is 1. The summed E-state index contributed by atoms with van der Waals surface area (Å²) in [5.74, 6) is -3.67. The number of nitrogens with one attached hydrogen (secondary N) is 1. The molecule has 2 atom stereocenters. The molecular weight excluding hydrogens is 455 g/mol. The molecule has 0 amide bonds. The normalized spacial score (nSPS) is 25.5. The number of aliphatic hydroxyl groups is 1. The second-order valence-electron chi connectivity index (χ2n) is 9.17. The van der Waals surface area contributed by atoms with Gasteiger partial charge in [-0.3, -0.25) is 9.36 Å². The van der Waals surface area contributed by atoms with Gasteiger partial charge in [-0.2, -0.15) is 4.98 Å². The number of halogens is 2. The second kappa shape index (κ2) is 8.28. The summed E-state index contributed by atoms with van der Waals surface area (Å²) in [6.07, 6.45) is 5.06. The summed E-state index contributed by atoms with van der Waals surface area (Å²) < 4.78 is 54.0. The first-order valence-electron chi connectivity index (χ1n) is 10.8. The number of pyridine rings is 1. The summed E-state index contributed by atoms with van der Waals surface area (Å²) in [4.78, 5) is 21.7. The number of nitrogens with zero attached hydrogens (tertiary/aromatic N) is 4. The molecule has 3 heterocycles. The third kappa shape index (κ3) is 4.76. The number of sulfonamides is 1. The predicted molar refractivity (Wildman–Crippen MR) is 120 cm³/mol. The van der Waals surface area contributed by atoms with Crippen LogP contribution in [0, 0.1) is 0 Å². The highest BCUT2D eigenvalue weighted by atomic mass is 32.2. The second-order valence-corrected chi connectivity index (χ2v) is 11.2. The molecule has 1 aliphatic carbocycles. The first-order chi connectivity index (χ1) is 15.3. The summed E-state index contributed by atoms with van der Waals surface area (Å²) in [5.41, 5.74) is -3.01. The van der Waals surface area contributed by atoms with Crippen molar-refractivity contribution < 1.29 is 22.3 Å². The average molecular weight is 481 g/mol. The van der Waals surface area contributed by atoms with Crippen LogP contribution in [0.2, 0.25) is 0 Å². The molecule has 178 valence electrons. The van der Waals surface area contributed by atoms with Crippen LogP contribution < -0.4 is 10.9 Å². The van der Waals surface area contributed by atoms with Crippen LogP contribution in [0.1, 0.15) is 50.6 Å². The molecule has 2 radical (unpaired) electrons. The Morgan fingerprint density at radius 1 is 1.30 bits per heavy atom. The van der Waals surface area contributed by atoms with Crippen LogP contribution in [0.5, 0.6) is 0 Å². The van der Waals surface area contributed by atoms with Gasteiger partial charge in [0.05, 0.1) is 23.5 Å². The number of aromatic nitrogens is 3. The largest absolute Gasteiger partial charge is 0.388 e. The van der Waals surface area contributed by atoms with Gasteiger partial charge in [0.15, 0.2) is 7.85 Å². The Morgan fingerprint density at radius 3 is 2.52 bits per heavy atom. The number of piperidine rings is 1. The highest BCUT2D eigenvalue weighted by molar-refractivity contribution is 7.88. The van der Waals surface area contributed by atoms with E-state index >= 15 is 0 Å². The van der Waals surface area contributed by atoms with Gasteiger partial charge in [-0.15, -0.1) is 0 Å². The lowest BCUT2D eigenvalue weighted by atomic mass is 9.90. The van der Waals surface area contributed by atoms with E-state index in [0.717, 1.165) is 10.6 Å². The molecule has 1 saturated heterocycles. The zero-order chi connectivity index (χ0) is 24.2. The Bertz CT molecular complexity index is 1220. The van der Waals surface area contributed by atoms with Crippen LogP contribution in [-0.4, -0.2) is 71.2 Å². The van der Waals surface area contributed by atoms with Crippen molar-refractivity contribution in [1.82, 2.24) is 18.8 Å². The van der Waals surface area contributed by atoms with E-state index in [-0.39, 0.29) is 23.0 Å². The highest BCUT2D eigenvalue weighted by Crippen LogP contribution is 2.40. The maximum absolute atomic E-state index is 14.0. The van der Waals surface area contributed by atoms with Gasteiger partial charge in [-0.1, -0.05) is 0 Å². The first-order valence-corrected chi connectivity index (χ1v) is 12.7. The van der Waals surface area contributed by atoms with Gasteiger partial charge in [0.2, 0.25) is 21.8 Å². The fraction of sp³-hybridized carbons (Fsp3) is 0.650. The van der Waals surface area contributed by atoms with Crippen molar-refractivity contribution in [2.24, 2.45) is 0 Å². The van der Waals surface area contributed by atoms with E-state index in [1.807, 2.05) is 0 Å². The van der Waals surface area contributed by atoms with Gasteiger partial charge in [0.1, 0.15) is 5.65 Å². The standard InChI is InChI=1S/C20H26BF2N5O4S/c1-19(30)7-3-4-15(19)28-16-12(10-14(17(28)29)20(21,22)23)11-24-18(26-16)25-13-5-8-27(9-6-13)33(2,31)32/h10-11,13,15,30H,3-9H2,1-2H3,(H,24,25,26). The summed E-state index contributed by atoms with van der Waals surface area (Å²) >= 11 is 0. The van der Waals surface area contributed by atoms with Gasteiger partial charge < -0.3 is 10.4 Å². The molecule has 2 fully saturated rings. The van der Waals surface area contributed by atoms with Gasteiger partial charge in [0.25, 0.3) is 5.56 Å². The van der Waals surface area contributed by atoms with Gasteiger partial charge in [0, 0.05) is 30.7 Å². The van der Waals surface area contributed by atoms with Crippen molar-refractivity contribution in [2.75, 3.05) is 24.7 Å². The zero-order valence-electron chi connectivity index (χ0n) is 18.5. The Balaban J connectivity index is 1.73. The molecule has 0 spiro atoms. The van der Waals surface area contributed by atoms with Crippen LogP contribution in [-0.2, 0) is 15.8 Å². The maximum Gasteiger partial charge on any atom is 0.260 e. The third-order valence-corrected chi connectivity index (χ3v) is 7.88. The van der Waals surface area contributed by atoms with Crippen LogP contribution >= 0.6 is 0 Å². The van der Waals surface area contributed by atoms with E-state index in [2.05, 4.69) is 15.3 Å². The summed E-state index contributed by atoms with van der Waals surface area (Å²) in [6, 6.07) is 0.157. The predicted octanol–water partition coefficient (Wildman–Crippen LogP) is 1.32. The quantitative estimate of drug-likeness (QED) is 0.619. The fourth-order valence-electron chi connectivity index (χ4n) is 4.77. The number of alkyl halides is 2. The molecule has 13 heteroatoms. The molecule has 33 heavy (non-hydrogen) atoms. The molecule has 1 aliphatic heterocycles. The molecule has 0 bridgehead atoms. The summed E-state index contributed by atoms with van der Waals surface area (Å²) in [7, 11) is 1.71. The number of hydrogen-bond acceptors (Lipinski definition) is 7. The molecule has 2 N–H and O–H groups in total. The Hall–Kier alpha value is -2.12. The minimum atomic E-state index is -3.86. The molecule has 0 aromatic carbocycles. The van der Waals surface area contributed by atoms with E-state index in [9.17, 15) is 27.1 Å². The van der Waals surface area contributed by atoms with Crippen LogP contribution in [0.25, 0.3) is 11.0 Å². The summed E-state index contributed by atoms with van der Waals surface area (Å²) in [6.45, 7) is 2.29. The lowest BCUT2D eigenvalue weighted by molar-refractivity contribution is 0.0256. The highest BCUT2D eigenvalue weighted by Gasteiger charge is 2.41. The average Bonchev–Trinajstić information content (AvgIpc) is 3.05. The Kier molecular flexibility index (Phi) is 6.03. The molecule has 2 aromatic rings. The molecule has 4 rings (SSSR count). The van der Waals surface area contributed by atoms with Gasteiger partial charge in [-0.25, -0.2) is 26.5 Å². The Labute approximate surface area is 191 Å². The SMILES string of the molecule is [B]C(F)(F)c1cc2cnc(NC3CCN(S(C)(=O)=O)CC3)nc2n(C2CCCC2(C)O)c1=O. The lowest BCUT2D eigenvalue weighted by Crippen LogP contribution is -2.42. The fourth-order valence-corrected chi connectivity index (χ4v) is 5.64. The third-order valence-electron chi connectivity index (χ3n) is 6.58. The summed E-state index contributed by atoms with van der Waals surface area (Å²) in [5, 5.41) is 14.2. The van der Waals surface area contributed by atoms with Crippen molar-refractivity contribution in [1.29, 1.82) is 0 Å². The van der Waals surface area contributed by atoms with E-state index < -0.39 is 38.6 Å². The topological polar surface area (TPSA) is 117 Å². The van der Waals surface area contributed by atoms with Gasteiger partial charge in [-0.05, 0) is 45.1 Å². The number of hydrogen-bond donors (Lipinski definition) is 2. The number of anilines is 1. The van der Waals surface area contributed by atoms with E-state index in [1.54, 1.807) is 6.92 Å². The van der Waals surface area contributed by atoms with Crippen molar-refractivity contribution in [3.05, 3.63) is 28.2 Å². The van der Waals surface area contributed by atoms with Crippen molar-refractivity contribution in [3.63, 3.8) is 0 Å². The van der Waals surface area contributed by atoms with Crippen LogP contribution in [0.4, 0.5) is 14.7 Å². The van der Waals surface area contributed by atoms with Crippen LogP contribution in [0.15, 0.2) is 17.1 Å². The smallest absolute Gasteiger partial charge is 0.260 e. The molecule has 2 aliphatic rings. The molecular formula is C20H26BF2N5O4S. The van der Waals surface area contributed by atoms with E-state index in [0.29, 0.717) is 45.2 Å². The first kappa shape index (κ1) is 24.0. The van der Waals surface area contributed by atoms with Crippen molar-refractivity contribution >= 4 is 34.9 Å². The molecule has 1 saturated carbocycles. The van der Waals surface area contributed by atoms with Crippen LogP contribution in [0.3, 0.4) is 0 Å². The monoisotopic (exact) mass is 481 g/mol. The molecule has 2 unspecified atom stereocenters. The van der Waals surface area contributed by atoms with E-state index in [4.69, 9.17) is 7.85 Å². The maximum atomic E-state index is 14.0. The minimum Gasteiger partial charge on any atom is -0.388 e.